The summed E-state index contributed by atoms with van der Waals surface area (Å²) in [5.41, 5.74) is 1.33. The third kappa shape index (κ3) is 3.19. The summed E-state index contributed by atoms with van der Waals surface area (Å²) in [6, 6.07) is 5.04. The van der Waals surface area contributed by atoms with Crippen molar-refractivity contribution in [2.75, 3.05) is 0 Å². The number of fused-ring (bicyclic) bond motifs is 1. The molecule has 0 spiro atoms. The SMILES string of the molecule is O=C(NCc1ccc(F)c(F)c1)c1cc(CBr)nc2ncnn12. The average Bonchev–Trinajstić information content (AvgIpc) is 3.03. The first kappa shape index (κ1) is 15.5. The van der Waals surface area contributed by atoms with E-state index in [9.17, 15) is 13.6 Å². The van der Waals surface area contributed by atoms with Crippen molar-refractivity contribution in [3.8, 4) is 0 Å². The minimum absolute atomic E-state index is 0.0538. The summed E-state index contributed by atoms with van der Waals surface area (Å²) in [5, 5.41) is 7.05. The van der Waals surface area contributed by atoms with Crippen LogP contribution in [0.25, 0.3) is 5.78 Å². The second-order valence-electron chi connectivity index (χ2n) is 4.67. The quantitative estimate of drug-likeness (QED) is 0.703. The molecule has 3 rings (SSSR count). The number of rotatable bonds is 4. The van der Waals surface area contributed by atoms with Crippen LogP contribution < -0.4 is 5.32 Å². The molecule has 6 nitrogen and oxygen atoms in total. The molecule has 0 unspecified atom stereocenters. The van der Waals surface area contributed by atoms with Crippen molar-refractivity contribution in [3.63, 3.8) is 0 Å². The Hall–Kier alpha value is -2.42. The van der Waals surface area contributed by atoms with E-state index >= 15 is 0 Å². The maximum absolute atomic E-state index is 13.2. The van der Waals surface area contributed by atoms with Crippen molar-refractivity contribution in [1.29, 1.82) is 0 Å². The number of carbonyl (C=O) groups is 1. The minimum atomic E-state index is -0.957. The Bertz CT molecular complexity index is 883. The molecule has 0 aliphatic rings. The van der Waals surface area contributed by atoms with Crippen LogP contribution in [0, 0.1) is 11.6 Å². The van der Waals surface area contributed by atoms with Gasteiger partial charge in [0.15, 0.2) is 11.6 Å². The third-order valence-electron chi connectivity index (χ3n) is 3.11. The van der Waals surface area contributed by atoms with Crippen LogP contribution in [-0.4, -0.2) is 25.5 Å². The molecule has 9 heteroatoms. The van der Waals surface area contributed by atoms with E-state index in [1.165, 1.54) is 16.9 Å². The van der Waals surface area contributed by atoms with E-state index in [4.69, 9.17) is 0 Å². The van der Waals surface area contributed by atoms with Crippen LogP contribution in [-0.2, 0) is 11.9 Å². The lowest BCUT2D eigenvalue weighted by molar-refractivity contribution is 0.0943. The highest BCUT2D eigenvalue weighted by Crippen LogP contribution is 2.11. The first-order valence-electron chi connectivity index (χ1n) is 6.56. The van der Waals surface area contributed by atoms with Gasteiger partial charge in [-0.1, -0.05) is 22.0 Å². The highest BCUT2D eigenvalue weighted by Gasteiger charge is 2.14. The fraction of sp³-hybridized carbons (Fsp3) is 0.143. The summed E-state index contributed by atoms with van der Waals surface area (Å²) in [6.07, 6.45) is 1.30. The number of nitrogens with zero attached hydrogens (tertiary/aromatic N) is 4. The topological polar surface area (TPSA) is 72.2 Å². The first-order valence-corrected chi connectivity index (χ1v) is 7.68. The number of alkyl halides is 1. The lowest BCUT2D eigenvalue weighted by Crippen LogP contribution is -2.26. The minimum Gasteiger partial charge on any atom is -0.347 e. The number of aromatic nitrogens is 4. The molecule has 23 heavy (non-hydrogen) atoms. The van der Waals surface area contributed by atoms with Gasteiger partial charge in [-0.15, -0.1) is 0 Å². The second kappa shape index (κ2) is 6.37. The second-order valence-corrected chi connectivity index (χ2v) is 5.23. The molecule has 2 heterocycles. The van der Waals surface area contributed by atoms with Crippen LogP contribution in [0.1, 0.15) is 21.7 Å². The summed E-state index contributed by atoms with van der Waals surface area (Å²) < 4.78 is 27.4. The van der Waals surface area contributed by atoms with Crippen molar-refractivity contribution < 1.29 is 13.6 Å². The predicted octanol–water partition coefficient (Wildman–Crippen LogP) is 2.23. The van der Waals surface area contributed by atoms with Gasteiger partial charge in [0.25, 0.3) is 11.7 Å². The van der Waals surface area contributed by atoms with Crippen LogP contribution in [0.15, 0.2) is 30.6 Å². The van der Waals surface area contributed by atoms with E-state index in [0.29, 0.717) is 22.4 Å². The maximum atomic E-state index is 13.2. The molecular weight excluding hydrogens is 372 g/mol. The number of carbonyl (C=O) groups excluding carboxylic acids is 1. The predicted molar refractivity (Wildman–Crippen MR) is 80.9 cm³/mol. The molecule has 1 N–H and O–H groups in total. The van der Waals surface area contributed by atoms with Gasteiger partial charge in [-0.2, -0.15) is 14.6 Å². The fourth-order valence-electron chi connectivity index (χ4n) is 2.01. The monoisotopic (exact) mass is 381 g/mol. The van der Waals surface area contributed by atoms with E-state index in [2.05, 4.69) is 36.3 Å². The summed E-state index contributed by atoms with van der Waals surface area (Å²) in [7, 11) is 0. The molecular formula is C14H10BrF2N5O. The molecule has 0 bridgehead atoms. The zero-order chi connectivity index (χ0) is 16.4. The highest BCUT2D eigenvalue weighted by atomic mass is 79.9. The van der Waals surface area contributed by atoms with Gasteiger partial charge in [-0.3, -0.25) is 4.79 Å². The highest BCUT2D eigenvalue weighted by molar-refractivity contribution is 9.08. The number of benzene rings is 1. The molecule has 0 aliphatic heterocycles. The third-order valence-corrected chi connectivity index (χ3v) is 3.69. The van der Waals surface area contributed by atoms with E-state index < -0.39 is 17.5 Å². The zero-order valence-corrected chi connectivity index (χ0v) is 13.2. The van der Waals surface area contributed by atoms with Gasteiger partial charge in [0.1, 0.15) is 12.0 Å². The molecule has 1 aromatic carbocycles. The van der Waals surface area contributed by atoms with Crippen molar-refractivity contribution in [3.05, 3.63) is 59.2 Å². The molecule has 0 atom stereocenters. The smallest absolute Gasteiger partial charge is 0.270 e. The number of hydrogen-bond donors (Lipinski definition) is 1. The zero-order valence-electron chi connectivity index (χ0n) is 11.6. The van der Waals surface area contributed by atoms with E-state index in [-0.39, 0.29) is 12.2 Å². The van der Waals surface area contributed by atoms with Crippen molar-refractivity contribution >= 4 is 27.6 Å². The van der Waals surface area contributed by atoms with Crippen LogP contribution in [0.5, 0.6) is 0 Å². The lowest BCUT2D eigenvalue weighted by atomic mass is 10.2. The van der Waals surface area contributed by atoms with Gasteiger partial charge in [0.2, 0.25) is 0 Å². The van der Waals surface area contributed by atoms with Crippen molar-refractivity contribution in [2.45, 2.75) is 11.9 Å². The van der Waals surface area contributed by atoms with Gasteiger partial charge in [0, 0.05) is 11.9 Å². The summed E-state index contributed by atoms with van der Waals surface area (Å²) in [6.45, 7) is 0.0538. The molecule has 3 aromatic rings. The van der Waals surface area contributed by atoms with Gasteiger partial charge in [0.05, 0.1) is 5.69 Å². The molecule has 1 amide bonds. The van der Waals surface area contributed by atoms with Gasteiger partial charge < -0.3 is 5.32 Å². The van der Waals surface area contributed by atoms with Crippen LogP contribution in [0.2, 0.25) is 0 Å². The largest absolute Gasteiger partial charge is 0.347 e. The molecule has 0 aliphatic carbocycles. The van der Waals surface area contributed by atoms with Crippen molar-refractivity contribution in [2.24, 2.45) is 0 Å². The average molecular weight is 382 g/mol. The Kier molecular flexibility index (Phi) is 4.28. The number of halogens is 3. The van der Waals surface area contributed by atoms with Gasteiger partial charge >= 0.3 is 0 Å². The number of nitrogens with one attached hydrogen (secondary N) is 1. The van der Waals surface area contributed by atoms with Crippen molar-refractivity contribution in [1.82, 2.24) is 24.9 Å². The normalized spacial score (nSPS) is 10.9. The Morgan fingerprint density at radius 1 is 1.26 bits per heavy atom. The maximum Gasteiger partial charge on any atom is 0.270 e. The molecule has 0 saturated heterocycles. The molecule has 0 radical (unpaired) electrons. The van der Waals surface area contributed by atoms with Crippen LogP contribution in [0.3, 0.4) is 0 Å². The van der Waals surface area contributed by atoms with Gasteiger partial charge in [-0.05, 0) is 23.8 Å². The molecule has 0 saturated carbocycles. The van der Waals surface area contributed by atoms with E-state index in [1.807, 2.05) is 0 Å². The molecule has 118 valence electrons. The standard InChI is InChI=1S/C14H10BrF2N5O/c15-5-9-4-12(22-14(21-9)19-7-20-22)13(23)18-6-8-1-2-10(16)11(17)3-8/h1-4,7H,5-6H2,(H,18,23). The number of amides is 1. The van der Waals surface area contributed by atoms with E-state index in [0.717, 1.165) is 12.1 Å². The first-order chi connectivity index (χ1) is 11.1. The Morgan fingerprint density at radius 3 is 2.83 bits per heavy atom. The Balaban J connectivity index is 1.83. The fourth-order valence-corrected chi connectivity index (χ4v) is 2.30. The number of hydrogen-bond acceptors (Lipinski definition) is 4. The van der Waals surface area contributed by atoms with Crippen LogP contribution in [0.4, 0.5) is 8.78 Å². The summed E-state index contributed by atoms with van der Waals surface area (Å²) >= 11 is 3.28. The Labute approximate surface area is 137 Å². The van der Waals surface area contributed by atoms with E-state index in [1.54, 1.807) is 6.07 Å². The lowest BCUT2D eigenvalue weighted by Gasteiger charge is -2.08. The van der Waals surface area contributed by atoms with Crippen LogP contribution >= 0.6 is 15.9 Å². The summed E-state index contributed by atoms with van der Waals surface area (Å²) in [4.78, 5) is 20.5. The molecule has 2 aromatic heterocycles. The molecule has 0 fully saturated rings. The Morgan fingerprint density at radius 2 is 2.09 bits per heavy atom. The summed E-state index contributed by atoms with van der Waals surface area (Å²) in [5.74, 6) is -2.00. The van der Waals surface area contributed by atoms with Gasteiger partial charge in [-0.25, -0.2) is 13.8 Å².